The summed E-state index contributed by atoms with van der Waals surface area (Å²) in [5.74, 6) is 0.176. The van der Waals surface area contributed by atoms with Crippen LogP contribution < -0.4 is 0 Å². The van der Waals surface area contributed by atoms with Gasteiger partial charge in [0.05, 0.1) is 5.92 Å². The van der Waals surface area contributed by atoms with Gasteiger partial charge in [-0.15, -0.1) is 0 Å². The molecule has 1 aromatic rings. The Hall–Kier alpha value is -1.84. The quantitative estimate of drug-likeness (QED) is 0.856. The van der Waals surface area contributed by atoms with Crippen molar-refractivity contribution < 1.29 is 9.59 Å². The lowest BCUT2D eigenvalue weighted by atomic mass is 9.99. The summed E-state index contributed by atoms with van der Waals surface area (Å²) in [6, 6.07) is 10.5. The van der Waals surface area contributed by atoms with Crippen LogP contribution in [0.5, 0.6) is 0 Å². The first-order chi connectivity index (χ1) is 11.1. The van der Waals surface area contributed by atoms with Crippen molar-refractivity contribution in [2.45, 2.75) is 45.1 Å². The third-order valence-corrected chi connectivity index (χ3v) is 5.16. The second kappa shape index (κ2) is 7.16. The Labute approximate surface area is 138 Å². The van der Waals surface area contributed by atoms with E-state index in [0.717, 1.165) is 25.8 Å². The molecule has 2 saturated heterocycles. The van der Waals surface area contributed by atoms with E-state index < -0.39 is 0 Å². The number of piperidine rings is 1. The van der Waals surface area contributed by atoms with Crippen LogP contribution in [0.4, 0.5) is 0 Å². The summed E-state index contributed by atoms with van der Waals surface area (Å²) in [4.78, 5) is 28.8. The van der Waals surface area contributed by atoms with Gasteiger partial charge in [-0.25, -0.2) is 0 Å². The smallest absolute Gasteiger partial charge is 0.228 e. The van der Waals surface area contributed by atoms with E-state index in [0.29, 0.717) is 25.6 Å². The highest BCUT2D eigenvalue weighted by Crippen LogP contribution is 2.25. The number of hydrogen-bond acceptors (Lipinski definition) is 2. The minimum Gasteiger partial charge on any atom is -0.342 e. The summed E-state index contributed by atoms with van der Waals surface area (Å²) >= 11 is 0. The lowest BCUT2D eigenvalue weighted by molar-refractivity contribution is -0.139. The van der Waals surface area contributed by atoms with Crippen molar-refractivity contribution in [3.05, 3.63) is 35.9 Å². The summed E-state index contributed by atoms with van der Waals surface area (Å²) in [6.07, 6.45) is 4.63. The van der Waals surface area contributed by atoms with Gasteiger partial charge in [-0.2, -0.15) is 0 Å². The Kier molecular flexibility index (Phi) is 4.99. The average Bonchev–Trinajstić information content (AvgIpc) is 2.95. The number of rotatable bonds is 4. The molecule has 2 amide bonds. The molecule has 0 N–H and O–H groups in total. The van der Waals surface area contributed by atoms with E-state index in [4.69, 9.17) is 0 Å². The predicted octanol–water partition coefficient (Wildman–Crippen LogP) is 2.48. The van der Waals surface area contributed by atoms with Crippen LogP contribution in [0.15, 0.2) is 30.3 Å². The Morgan fingerprint density at radius 2 is 2.00 bits per heavy atom. The molecule has 3 rings (SSSR count). The van der Waals surface area contributed by atoms with Crippen LogP contribution in [0.2, 0.25) is 0 Å². The SMILES string of the molecule is C[C@H]1CCCCN1C(=O)[C@H]1CC(=O)N(CCc2ccccc2)C1. The predicted molar refractivity (Wildman–Crippen MR) is 89.9 cm³/mol. The van der Waals surface area contributed by atoms with E-state index in [1.165, 1.54) is 12.0 Å². The number of nitrogens with zero attached hydrogens (tertiary/aromatic N) is 2. The van der Waals surface area contributed by atoms with Crippen LogP contribution in [0.1, 0.15) is 38.2 Å². The molecular formula is C19H26N2O2. The third kappa shape index (κ3) is 3.74. The summed E-state index contributed by atoms with van der Waals surface area (Å²) in [5, 5.41) is 0. The lowest BCUT2D eigenvalue weighted by Gasteiger charge is -2.35. The Bertz CT molecular complexity index is 558. The van der Waals surface area contributed by atoms with Gasteiger partial charge >= 0.3 is 0 Å². The van der Waals surface area contributed by atoms with Crippen LogP contribution in [-0.2, 0) is 16.0 Å². The largest absolute Gasteiger partial charge is 0.342 e. The first kappa shape index (κ1) is 16.0. The van der Waals surface area contributed by atoms with Crippen LogP contribution in [0, 0.1) is 5.92 Å². The number of amides is 2. The van der Waals surface area contributed by atoms with Gasteiger partial charge in [0, 0.05) is 32.1 Å². The molecule has 4 heteroatoms. The molecule has 4 nitrogen and oxygen atoms in total. The standard InChI is InChI=1S/C19H26N2O2/c1-15-7-5-6-11-21(15)19(23)17-13-18(22)20(14-17)12-10-16-8-3-2-4-9-16/h2-4,8-9,15,17H,5-7,10-14H2,1H3/t15-,17-/m0/s1. The van der Waals surface area contributed by atoms with Gasteiger partial charge < -0.3 is 9.80 Å². The minimum absolute atomic E-state index is 0.129. The minimum atomic E-state index is -0.140. The Morgan fingerprint density at radius 3 is 2.74 bits per heavy atom. The number of hydrogen-bond donors (Lipinski definition) is 0. The van der Waals surface area contributed by atoms with Gasteiger partial charge in [-0.1, -0.05) is 30.3 Å². The molecule has 0 aliphatic carbocycles. The molecule has 0 unspecified atom stereocenters. The number of benzene rings is 1. The zero-order chi connectivity index (χ0) is 16.2. The van der Waals surface area contributed by atoms with E-state index in [9.17, 15) is 9.59 Å². The van der Waals surface area contributed by atoms with Gasteiger partial charge in [-0.05, 0) is 38.2 Å². The zero-order valence-electron chi connectivity index (χ0n) is 13.9. The maximum atomic E-state index is 12.7. The third-order valence-electron chi connectivity index (χ3n) is 5.16. The molecule has 2 atom stereocenters. The first-order valence-corrected chi connectivity index (χ1v) is 8.77. The van der Waals surface area contributed by atoms with Crippen molar-refractivity contribution in [2.75, 3.05) is 19.6 Å². The molecule has 0 aromatic heterocycles. The van der Waals surface area contributed by atoms with Gasteiger partial charge in [-0.3, -0.25) is 9.59 Å². The van der Waals surface area contributed by atoms with Crippen molar-refractivity contribution in [1.29, 1.82) is 0 Å². The second-order valence-electron chi connectivity index (χ2n) is 6.85. The van der Waals surface area contributed by atoms with Crippen LogP contribution in [0.25, 0.3) is 0 Å². The van der Waals surface area contributed by atoms with E-state index in [-0.39, 0.29) is 17.7 Å². The van der Waals surface area contributed by atoms with E-state index in [1.807, 2.05) is 28.0 Å². The summed E-state index contributed by atoms with van der Waals surface area (Å²) in [7, 11) is 0. The van der Waals surface area contributed by atoms with Crippen molar-refractivity contribution in [3.8, 4) is 0 Å². The maximum absolute atomic E-state index is 12.7. The molecule has 2 fully saturated rings. The molecule has 23 heavy (non-hydrogen) atoms. The summed E-state index contributed by atoms with van der Waals surface area (Å²) in [6.45, 7) is 4.28. The van der Waals surface area contributed by atoms with Crippen molar-refractivity contribution in [2.24, 2.45) is 5.92 Å². The molecule has 2 aliphatic heterocycles. The van der Waals surface area contributed by atoms with Crippen molar-refractivity contribution >= 4 is 11.8 Å². The van der Waals surface area contributed by atoms with Gasteiger partial charge in [0.1, 0.15) is 0 Å². The van der Waals surface area contributed by atoms with E-state index >= 15 is 0 Å². The van der Waals surface area contributed by atoms with Gasteiger partial charge in [0.2, 0.25) is 11.8 Å². The number of carbonyl (C=O) groups is 2. The van der Waals surface area contributed by atoms with Gasteiger partial charge in [0.15, 0.2) is 0 Å². The average molecular weight is 314 g/mol. The van der Waals surface area contributed by atoms with Crippen molar-refractivity contribution in [1.82, 2.24) is 9.80 Å². The lowest BCUT2D eigenvalue weighted by Crippen LogP contribution is -2.45. The zero-order valence-corrected chi connectivity index (χ0v) is 13.9. The normalized spacial score (nSPS) is 25.0. The second-order valence-corrected chi connectivity index (χ2v) is 6.85. The molecule has 124 valence electrons. The van der Waals surface area contributed by atoms with Crippen molar-refractivity contribution in [3.63, 3.8) is 0 Å². The fourth-order valence-electron chi connectivity index (χ4n) is 3.72. The monoisotopic (exact) mass is 314 g/mol. The number of carbonyl (C=O) groups excluding carboxylic acids is 2. The highest BCUT2D eigenvalue weighted by Gasteiger charge is 2.37. The number of likely N-dealkylation sites (tertiary alicyclic amines) is 2. The first-order valence-electron chi connectivity index (χ1n) is 8.77. The molecule has 0 spiro atoms. The molecule has 2 heterocycles. The molecule has 0 radical (unpaired) electrons. The highest BCUT2D eigenvalue weighted by molar-refractivity contribution is 5.89. The highest BCUT2D eigenvalue weighted by atomic mass is 16.2. The topological polar surface area (TPSA) is 40.6 Å². The fraction of sp³-hybridized carbons (Fsp3) is 0.579. The van der Waals surface area contributed by atoms with Crippen LogP contribution >= 0.6 is 0 Å². The Morgan fingerprint density at radius 1 is 1.22 bits per heavy atom. The maximum Gasteiger partial charge on any atom is 0.228 e. The van der Waals surface area contributed by atoms with Crippen LogP contribution in [-0.4, -0.2) is 47.3 Å². The van der Waals surface area contributed by atoms with Gasteiger partial charge in [0.25, 0.3) is 0 Å². The molecule has 0 saturated carbocycles. The Balaban J connectivity index is 1.55. The molecule has 1 aromatic carbocycles. The molecule has 0 bridgehead atoms. The fourth-order valence-corrected chi connectivity index (χ4v) is 3.72. The summed E-state index contributed by atoms with van der Waals surface area (Å²) in [5.41, 5.74) is 1.24. The summed E-state index contributed by atoms with van der Waals surface area (Å²) < 4.78 is 0. The van der Waals surface area contributed by atoms with E-state index in [2.05, 4.69) is 19.1 Å². The van der Waals surface area contributed by atoms with E-state index in [1.54, 1.807) is 0 Å². The van der Waals surface area contributed by atoms with Crippen LogP contribution in [0.3, 0.4) is 0 Å². The molecule has 2 aliphatic rings. The molecular weight excluding hydrogens is 288 g/mol.